The predicted octanol–water partition coefficient (Wildman–Crippen LogP) is 3.72. The summed E-state index contributed by atoms with van der Waals surface area (Å²) in [5.41, 5.74) is 0.714. The van der Waals surface area contributed by atoms with Gasteiger partial charge in [-0.1, -0.05) is 35.9 Å². The molecule has 4 nitrogen and oxygen atoms in total. The quantitative estimate of drug-likeness (QED) is 0.704. The highest BCUT2D eigenvalue weighted by atomic mass is 35.5. The number of carbonyl (C=O) groups excluding carboxylic acids is 1. The maximum absolute atomic E-state index is 12.5. The first kappa shape index (κ1) is 18.2. The molecule has 0 saturated carbocycles. The first-order chi connectivity index (χ1) is 11.4. The summed E-state index contributed by atoms with van der Waals surface area (Å²) in [4.78, 5) is 14.1. The van der Waals surface area contributed by atoms with Crippen LogP contribution in [0.3, 0.4) is 0 Å². The van der Waals surface area contributed by atoms with Crippen LogP contribution in [0.25, 0.3) is 0 Å². The molecule has 0 N–H and O–H groups in total. The van der Waals surface area contributed by atoms with Gasteiger partial charge in [-0.05, 0) is 36.4 Å². The van der Waals surface area contributed by atoms with E-state index in [0.29, 0.717) is 17.3 Å². The number of amides is 1. The van der Waals surface area contributed by atoms with Crippen LogP contribution in [0.1, 0.15) is 6.42 Å². The molecule has 0 aliphatic rings. The van der Waals surface area contributed by atoms with Crippen LogP contribution in [0.5, 0.6) is 0 Å². The fraction of sp³-hybridized carbons (Fsp3) is 0.167. The normalized spacial score (nSPS) is 11.0. The zero-order valence-corrected chi connectivity index (χ0v) is 14.6. The van der Waals surface area contributed by atoms with E-state index in [-0.39, 0.29) is 23.0 Å². The molecule has 0 saturated heterocycles. The monoisotopic (exact) mass is 363 g/mol. The van der Waals surface area contributed by atoms with Gasteiger partial charge in [-0.2, -0.15) is 0 Å². The summed E-state index contributed by atoms with van der Waals surface area (Å²) in [6.07, 6.45) is 1.51. The van der Waals surface area contributed by atoms with E-state index in [2.05, 4.69) is 6.58 Å². The standard InChI is InChI=1S/C18H18ClNO3S/c1-2-13-20(16-6-4-3-5-7-16)18(21)12-14-24(22,23)17-10-8-15(19)9-11-17/h2-11H,1,12-14H2. The molecule has 24 heavy (non-hydrogen) atoms. The van der Waals surface area contributed by atoms with Crippen LogP contribution in [0, 0.1) is 0 Å². The lowest BCUT2D eigenvalue weighted by Gasteiger charge is -2.21. The highest BCUT2D eigenvalue weighted by Crippen LogP contribution is 2.18. The lowest BCUT2D eigenvalue weighted by molar-refractivity contribution is -0.118. The Hall–Kier alpha value is -2.11. The summed E-state index contributed by atoms with van der Waals surface area (Å²) in [5, 5.41) is 0.464. The summed E-state index contributed by atoms with van der Waals surface area (Å²) in [6.45, 7) is 3.97. The van der Waals surface area contributed by atoms with Gasteiger partial charge in [0.15, 0.2) is 9.84 Å². The topological polar surface area (TPSA) is 54.5 Å². The molecule has 0 aliphatic heterocycles. The smallest absolute Gasteiger partial charge is 0.228 e. The number of carbonyl (C=O) groups is 1. The van der Waals surface area contributed by atoms with Gasteiger partial charge < -0.3 is 4.90 Å². The first-order valence-electron chi connectivity index (χ1n) is 7.38. The summed E-state index contributed by atoms with van der Waals surface area (Å²) in [7, 11) is -3.53. The zero-order valence-electron chi connectivity index (χ0n) is 13.1. The maximum atomic E-state index is 12.5. The third-order valence-corrected chi connectivity index (χ3v) is 5.42. The summed E-state index contributed by atoms with van der Waals surface area (Å²) < 4.78 is 24.7. The summed E-state index contributed by atoms with van der Waals surface area (Å²) in [6, 6.07) is 15.0. The van der Waals surface area contributed by atoms with E-state index in [0.717, 1.165) is 0 Å². The van der Waals surface area contributed by atoms with Crippen molar-refractivity contribution in [1.29, 1.82) is 0 Å². The zero-order chi connectivity index (χ0) is 17.6. The van der Waals surface area contributed by atoms with E-state index in [1.807, 2.05) is 18.2 Å². The molecule has 0 atom stereocenters. The number of para-hydroxylation sites is 1. The lowest BCUT2D eigenvalue weighted by atomic mass is 10.2. The van der Waals surface area contributed by atoms with Crippen LogP contribution in [0.2, 0.25) is 5.02 Å². The number of sulfone groups is 1. The molecule has 0 unspecified atom stereocenters. The van der Waals surface area contributed by atoms with Crippen molar-refractivity contribution in [3.8, 4) is 0 Å². The molecule has 2 rings (SSSR count). The Morgan fingerprint density at radius 2 is 1.71 bits per heavy atom. The Morgan fingerprint density at radius 3 is 2.29 bits per heavy atom. The van der Waals surface area contributed by atoms with Gasteiger partial charge >= 0.3 is 0 Å². The van der Waals surface area contributed by atoms with E-state index in [9.17, 15) is 13.2 Å². The van der Waals surface area contributed by atoms with Gasteiger partial charge in [0.1, 0.15) is 0 Å². The molecule has 0 fully saturated rings. The van der Waals surface area contributed by atoms with Gasteiger partial charge in [0.05, 0.1) is 10.6 Å². The Bertz CT molecular complexity index is 802. The average Bonchev–Trinajstić information content (AvgIpc) is 2.59. The Morgan fingerprint density at radius 1 is 1.08 bits per heavy atom. The van der Waals surface area contributed by atoms with Crippen molar-refractivity contribution in [2.45, 2.75) is 11.3 Å². The third-order valence-electron chi connectivity index (χ3n) is 3.44. The molecule has 2 aromatic carbocycles. The van der Waals surface area contributed by atoms with Gasteiger partial charge in [0.25, 0.3) is 0 Å². The number of anilines is 1. The molecular weight excluding hydrogens is 346 g/mol. The second-order valence-corrected chi connectivity index (χ2v) is 7.70. The number of hydrogen-bond donors (Lipinski definition) is 0. The molecular formula is C18H18ClNO3S. The van der Waals surface area contributed by atoms with Gasteiger partial charge in [-0.15, -0.1) is 6.58 Å². The second kappa shape index (κ2) is 8.13. The molecule has 2 aromatic rings. The van der Waals surface area contributed by atoms with Crippen LogP contribution in [0.15, 0.2) is 72.1 Å². The van der Waals surface area contributed by atoms with Gasteiger partial charge in [-0.3, -0.25) is 4.79 Å². The average molecular weight is 364 g/mol. The molecule has 0 aromatic heterocycles. The van der Waals surface area contributed by atoms with Crippen molar-refractivity contribution >= 4 is 33.0 Å². The Labute approximate surface area is 147 Å². The van der Waals surface area contributed by atoms with Gasteiger partial charge in [-0.25, -0.2) is 8.42 Å². The van der Waals surface area contributed by atoms with Crippen molar-refractivity contribution < 1.29 is 13.2 Å². The van der Waals surface area contributed by atoms with Crippen LogP contribution in [-0.4, -0.2) is 26.6 Å². The highest BCUT2D eigenvalue weighted by molar-refractivity contribution is 7.91. The Kier molecular flexibility index (Phi) is 6.17. The molecule has 0 bridgehead atoms. The Balaban J connectivity index is 2.10. The first-order valence-corrected chi connectivity index (χ1v) is 9.42. The van der Waals surface area contributed by atoms with E-state index >= 15 is 0 Å². The van der Waals surface area contributed by atoms with Crippen LogP contribution >= 0.6 is 11.6 Å². The van der Waals surface area contributed by atoms with Gasteiger partial charge in [0.2, 0.25) is 5.91 Å². The summed E-state index contributed by atoms with van der Waals surface area (Å²) in [5.74, 6) is -0.521. The number of benzene rings is 2. The van der Waals surface area contributed by atoms with E-state index < -0.39 is 9.84 Å². The van der Waals surface area contributed by atoms with Crippen LogP contribution in [-0.2, 0) is 14.6 Å². The molecule has 1 amide bonds. The van der Waals surface area contributed by atoms with Crippen molar-refractivity contribution in [3.05, 3.63) is 72.3 Å². The minimum Gasteiger partial charge on any atom is -0.309 e. The molecule has 0 aliphatic carbocycles. The number of halogens is 1. The highest BCUT2D eigenvalue weighted by Gasteiger charge is 2.20. The third kappa shape index (κ3) is 4.69. The summed E-state index contributed by atoms with van der Waals surface area (Å²) >= 11 is 5.77. The van der Waals surface area contributed by atoms with E-state index in [4.69, 9.17) is 11.6 Å². The SMILES string of the molecule is C=CCN(C(=O)CCS(=O)(=O)c1ccc(Cl)cc1)c1ccccc1. The number of hydrogen-bond acceptors (Lipinski definition) is 3. The van der Waals surface area contributed by atoms with Crippen molar-refractivity contribution in [3.63, 3.8) is 0 Å². The second-order valence-electron chi connectivity index (χ2n) is 5.15. The minimum atomic E-state index is -3.53. The minimum absolute atomic E-state index is 0.103. The number of rotatable bonds is 7. The van der Waals surface area contributed by atoms with Crippen molar-refractivity contribution in [1.82, 2.24) is 0 Å². The van der Waals surface area contributed by atoms with Crippen molar-refractivity contribution in [2.75, 3.05) is 17.2 Å². The molecule has 0 heterocycles. The van der Waals surface area contributed by atoms with E-state index in [1.54, 1.807) is 18.2 Å². The van der Waals surface area contributed by atoms with Crippen LogP contribution < -0.4 is 4.90 Å². The molecule has 0 spiro atoms. The predicted molar refractivity (Wildman–Crippen MR) is 97.1 cm³/mol. The molecule has 126 valence electrons. The van der Waals surface area contributed by atoms with Crippen LogP contribution in [0.4, 0.5) is 5.69 Å². The maximum Gasteiger partial charge on any atom is 0.228 e. The van der Waals surface area contributed by atoms with E-state index in [1.165, 1.54) is 29.2 Å². The molecule has 6 heteroatoms. The van der Waals surface area contributed by atoms with Crippen molar-refractivity contribution in [2.24, 2.45) is 0 Å². The fourth-order valence-electron chi connectivity index (χ4n) is 2.20. The number of nitrogens with zero attached hydrogens (tertiary/aromatic N) is 1. The molecule has 0 radical (unpaired) electrons. The fourth-order valence-corrected chi connectivity index (χ4v) is 3.56. The largest absolute Gasteiger partial charge is 0.309 e. The lowest BCUT2D eigenvalue weighted by Crippen LogP contribution is -2.32. The van der Waals surface area contributed by atoms with Gasteiger partial charge in [0, 0.05) is 23.7 Å².